The highest BCUT2D eigenvalue weighted by molar-refractivity contribution is 4.73. The van der Waals surface area contributed by atoms with Gasteiger partial charge in [-0.2, -0.15) is 0 Å². The molecule has 0 bridgehead atoms. The minimum absolute atomic E-state index is 0.00630. The van der Waals surface area contributed by atoms with Gasteiger partial charge in [-0.15, -0.1) is 32.9 Å². The molecule has 0 aliphatic heterocycles. The Morgan fingerprint density at radius 3 is 0.769 bits per heavy atom. The zero-order valence-electron chi connectivity index (χ0n) is 56.2. The maximum absolute atomic E-state index is 10.8. The van der Waals surface area contributed by atoms with Crippen LogP contribution in [0.4, 0.5) is 0 Å². The fourth-order valence-corrected chi connectivity index (χ4v) is 7.69. The summed E-state index contributed by atoms with van der Waals surface area (Å²) in [4.78, 5) is 0. The van der Waals surface area contributed by atoms with E-state index in [4.69, 9.17) is 104 Å². The van der Waals surface area contributed by atoms with Crippen molar-refractivity contribution in [2.24, 2.45) is 0 Å². The van der Waals surface area contributed by atoms with Crippen LogP contribution in [0.15, 0.2) is 63.3 Å². The highest BCUT2D eigenvalue weighted by Crippen LogP contribution is 2.11. The van der Waals surface area contributed by atoms with Crippen molar-refractivity contribution in [2.75, 3.05) is 231 Å². The van der Waals surface area contributed by atoms with Gasteiger partial charge in [-0.3, -0.25) is 0 Å². The van der Waals surface area contributed by atoms with E-state index in [1.807, 2.05) is 41.5 Å². The highest BCUT2D eigenvalue weighted by atomic mass is 16.6. The van der Waals surface area contributed by atoms with Crippen molar-refractivity contribution >= 4 is 0 Å². The maximum atomic E-state index is 10.8. The lowest BCUT2D eigenvalue weighted by molar-refractivity contribution is -0.151. The van der Waals surface area contributed by atoms with Crippen LogP contribution in [0.2, 0.25) is 0 Å². The van der Waals surface area contributed by atoms with Crippen molar-refractivity contribution < 1.29 is 125 Å². The van der Waals surface area contributed by atoms with Crippen LogP contribution in [0.1, 0.15) is 48.0 Å². The van der Waals surface area contributed by atoms with Gasteiger partial charge in [-0.05, 0) is 41.0 Å². The Kier molecular flexibility index (Phi) is 64.6. The van der Waals surface area contributed by atoms with Crippen molar-refractivity contribution in [3.8, 4) is 0 Å². The fraction of sp³-hybridized carbons (Fsp3) is 0.846. The molecular weight excluding hydrogens is 1200 g/mol. The summed E-state index contributed by atoms with van der Waals surface area (Å²) in [6, 6.07) is 0. The molecule has 91 heavy (non-hydrogen) atoms. The normalized spacial score (nSPS) is 16.2. The molecule has 0 aromatic heterocycles. The molecule has 0 aliphatic carbocycles. The SMILES string of the molecule is C=CCOCC(COC(COCC(O)COCC(COCC)OCC=C)COCC(COC(COCC(CO)OCC(O)COCC(O)COCC(COCC)OCC=C)COC(CC)COCC(COCC)OCC=C)OCC(COCC=C)OCC)OCC. The molecule has 0 aromatic rings. The van der Waals surface area contributed by atoms with Gasteiger partial charge in [0.1, 0.15) is 73.2 Å². The summed E-state index contributed by atoms with van der Waals surface area (Å²) < 4.78 is 130. The first kappa shape index (κ1) is 88.7. The van der Waals surface area contributed by atoms with Gasteiger partial charge in [-0.1, -0.05) is 37.3 Å². The minimum Gasteiger partial charge on any atom is -0.394 e. The summed E-state index contributed by atoms with van der Waals surface area (Å²) in [6.07, 6.45) is 0.869. The first-order chi connectivity index (χ1) is 44.4. The standard InChI is InChI=1S/C65H122O26/c1-12-23-73-40-62(82-21-10)49-89-61(45-78-32-54(68)31-77-43-59(38-71-19-8)85-26-15-4)46-81-48-65(90-50-63(83-22-11)41-74-24-13-2)52-91-64(51-88-56(17-6)35-79-44-60(39-72-20-9)86-27-16-5)47-80-36-57(28-66)87-34-55(69)33-75-29-53(67)30-76-42-58(37-70-18-7)84-25-14-3/h12-16,53-69H,1-5,17-52H2,6-11H3. The molecule has 13 unspecified atom stereocenters. The molecule has 26 heteroatoms. The summed E-state index contributed by atoms with van der Waals surface area (Å²) in [7, 11) is 0. The van der Waals surface area contributed by atoms with Crippen LogP contribution < -0.4 is 0 Å². The van der Waals surface area contributed by atoms with Gasteiger partial charge in [0.25, 0.3) is 0 Å². The van der Waals surface area contributed by atoms with E-state index in [1.165, 1.54) is 0 Å². The van der Waals surface area contributed by atoms with Gasteiger partial charge in [-0.25, -0.2) is 0 Å². The summed E-state index contributed by atoms with van der Waals surface area (Å²) in [5.41, 5.74) is 0. The van der Waals surface area contributed by atoms with Crippen molar-refractivity contribution in [3.05, 3.63) is 63.3 Å². The van der Waals surface area contributed by atoms with E-state index in [1.54, 1.807) is 30.4 Å². The van der Waals surface area contributed by atoms with Gasteiger partial charge in [0.2, 0.25) is 0 Å². The van der Waals surface area contributed by atoms with Crippen LogP contribution in [-0.4, -0.2) is 331 Å². The average molecular weight is 1320 g/mol. The summed E-state index contributed by atoms with van der Waals surface area (Å²) in [5, 5.41) is 42.3. The second kappa shape index (κ2) is 66.3. The first-order valence-corrected chi connectivity index (χ1v) is 32.2. The Labute approximate surface area is 544 Å². The molecule has 26 nitrogen and oxygen atoms in total. The van der Waals surface area contributed by atoms with Gasteiger partial charge in [0.05, 0.1) is 204 Å². The third-order valence-corrected chi connectivity index (χ3v) is 12.3. The summed E-state index contributed by atoms with van der Waals surface area (Å²) >= 11 is 0. The quantitative estimate of drug-likeness (QED) is 0.0500. The largest absolute Gasteiger partial charge is 0.394 e. The van der Waals surface area contributed by atoms with E-state index in [9.17, 15) is 20.4 Å². The van der Waals surface area contributed by atoms with E-state index in [2.05, 4.69) is 32.9 Å². The van der Waals surface area contributed by atoms with Crippen LogP contribution in [0.25, 0.3) is 0 Å². The third kappa shape index (κ3) is 54.5. The molecule has 0 fully saturated rings. The smallest absolute Gasteiger partial charge is 0.104 e. The van der Waals surface area contributed by atoms with Crippen molar-refractivity contribution in [2.45, 2.75) is 127 Å². The second-order valence-corrected chi connectivity index (χ2v) is 20.6. The Morgan fingerprint density at radius 2 is 0.462 bits per heavy atom. The van der Waals surface area contributed by atoms with Crippen molar-refractivity contribution in [1.29, 1.82) is 0 Å². The number of hydrogen-bond donors (Lipinski definition) is 4. The number of hydrogen-bond acceptors (Lipinski definition) is 26. The molecule has 0 saturated carbocycles. The van der Waals surface area contributed by atoms with Gasteiger partial charge in [0, 0.05) is 33.0 Å². The van der Waals surface area contributed by atoms with Crippen LogP contribution in [0, 0.1) is 0 Å². The van der Waals surface area contributed by atoms with Crippen LogP contribution in [-0.2, 0) is 104 Å². The fourth-order valence-electron chi connectivity index (χ4n) is 7.69. The predicted octanol–water partition coefficient (Wildman–Crippen LogP) is 3.55. The lowest BCUT2D eigenvalue weighted by Crippen LogP contribution is -2.38. The molecule has 0 amide bonds. The predicted molar refractivity (Wildman–Crippen MR) is 342 cm³/mol. The lowest BCUT2D eigenvalue weighted by Gasteiger charge is -2.27. The zero-order valence-corrected chi connectivity index (χ0v) is 56.2. The molecule has 0 rings (SSSR count). The Bertz CT molecular complexity index is 1590. The van der Waals surface area contributed by atoms with Crippen molar-refractivity contribution in [3.63, 3.8) is 0 Å². The monoisotopic (exact) mass is 1320 g/mol. The Balaban J connectivity index is 6.38. The summed E-state index contributed by atoms with van der Waals surface area (Å²) in [6.45, 7) is 36.0. The van der Waals surface area contributed by atoms with E-state index < -0.39 is 61.5 Å². The Hall–Kier alpha value is -2.34. The highest BCUT2D eigenvalue weighted by Gasteiger charge is 2.24. The number of rotatable bonds is 75. The van der Waals surface area contributed by atoms with E-state index >= 15 is 0 Å². The number of ether oxygens (including phenoxy) is 22. The lowest BCUT2D eigenvalue weighted by atomic mass is 10.3. The topological polar surface area (TPSA) is 284 Å². The van der Waals surface area contributed by atoms with Gasteiger partial charge in [0.15, 0.2) is 0 Å². The molecule has 538 valence electrons. The first-order valence-electron chi connectivity index (χ1n) is 32.2. The molecular formula is C65H122O26. The maximum Gasteiger partial charge on any atom is 0.104 e. The number of aliphatic hydroxyl groups is 4. The molecule has 0 aliphatic rings. The van der Waals surface area contributed by atoms with Crippen LogP contribution in [0.3, 0.4) is 0 Å². The molecule has 0 heterocycles. The van der Waals surface area contributed by atoms with E-state index in [0.717, 1.165) is 0 Å². The second-order valence-electron chi connectivity index (χ2n) is 20.6. The average Bonchev–Trinajstić information content (AvgIpc) is 3.75. The number of aliphatic hydroxyl groups excluding tert-OH is 4. The van der Waals surface area contributed by atoms with Gasteiger partial charge >= 0.3 is 0 Å². The molecule has 0 spiro atoms. The Morgan fingerprint density at radius 1 is 0.231 bits per heavy atom. The van der Waals surface area contributed by atoms with Crippen molar-refractivity contribution in [1.82, 2.24) is 0 Å². The van der Waals surface area contributed by atoms with Crippen LogP contribution in [0.5, 0.6) is 0 Å². The molecule has 0 radical (unpaired) electrons. The summed E-state index contributed by atoms with van der Waals surface area (Å²) in [5.74, 6) is 0. The molecule has 0 aromatic carbocycles. The third-order valence-electron chi connectivity index (χ3n) is 12.3. The van der Waals surface area contributed by atoms with Gasteiger partial charge < -0.3 is 125 Å². The zero-order chi connectivity index (χ0) is 67.1. The van der Waals surface area contributed by atoms with E-state index in [0.29, 0.717) is 92.3 Å². The van der Waals surface area contributed by atoms with Crippen LogP contribution >= 0.6 is 0 Å². The molecule has 13 atom stereocenters. The molecule has 0 saturated heterocycles. The molecule has 4 N–H and O–H groups in total. The van der Waals surface area contributed by atoms with E-state index in [-0.39, 0.29) is 163 Å². The minimum atomic E-state index is -1.08.